The lowest BCUT2D eigenvalue weighted by atomic mass is 10.1. The number of aliphatic hydroxyl groups excluding tert-OH is 1. The Morgan fingerprint density at radius 2 is 2.04 bits per heavy atom. The van der Waals surface area contributed by atoms with Crippen molar-refractivity contribution >= 4 is 23.5 Å². The van der Waals surface area contributed by atoms with Crippen molar-refractivity contribution in [3.63, 3.8) is 0 Å². The number of aliphatic hydroxyl groups is 1. The summed E-state index contributed by atoms with van der Waals surface area (Å²) in [6.07, 6.45) is 1.85. The maximum atomic E-state index is 12.8. The van der Waals surface area contributed by atoms with Gasteiger partial charge >= 0.3 is 6.03 Å². The first kappa shape index (κ1) is 15.5. The van der Waals surface area contributed by atoms with Gasteiger partial charge in [-0.05, 0) is 25.0 Å². The van der Waals surface area contributed by atoms with Gasteiger partial charge < -0.3 is 10.0 Å². The minimum Gasteiger partial charge on any atom is -0.394 e. The molecule has 4 amide bonds. The fraction of sp³-hybridized carbons (Fsp3) is 0.438. The molecule has 7 heteroatoms. The number of hydrogen-bond acceptors (Lipinski definition) is 4. The van der Waals surface area contributed by atoms with Crippen molar-refractivity contribution in [2.75, 3.05) is 24.6 Å². The number of amides is 4. The number of urea groups is 1. The Morgan fingerprint density at radius 3 is 2.78 bits per heavy atom. The summed E-state index contributed by atoms with van der Waals surface area (Å²) in [5, 5.41) is 11.7. The van der Waals surface area contributed by atoms with E-state index in [1.165, 1.54) is 4.90 Å². The third-order valence-electron chi connectivity index (χ3n) is 4.33. The van der Waals surface area contributed by atoms with Crippen molar-refractivity contribution in [3.8, 4) is 0 Å². The van der Waals surface area contributed by atoms with Crippen molar-refractivity contribution in [2.45, 2.75) is 25.3 Å². The zero-order valence-electron chi connectivity index (χ0n) is 12.7. The number of rotatable bonds is 3. The Balaban J connectivity index is 1.90. The zero-order valence-corrected chi connectivity index (χ0v) is 12.7. The van der Waals surface area contributed by atoms with Crippen LogP contribution in [0.1, 0.15) is 29.6 Å². The Labute approximate surface area is 133 Å². The van der Waals surface area contributed by atoms with E-state index in [2.05, 4.69) is 5.32 Å². The van der Waals surface area contributed by atoms with Gasteiger partial charge in [0.05, 0.1) is 23.9 Å². The zero-order chi connectivity index (χ0) is 16.4. The van der Waals surface area contributed by atoms with Gasteiger partial charge in [-0.2, -0.15) is 0 Å². The van der Waals surface area contributed by atoms with Crippen LogP contribution in [-0.4, -0.2) is 53.6 Å². The number of likely N-dealkylation sites (tertiary alicyclic amines) is 1. The number of nitrogens with zero attached hydrogens (tertiary/aromatic N) is 2. The summed E-state index contributed by atoms with van der Waals surface area (Å²) in [7, 11) is 0. The molecule has 1 atom stereocenters. The van der Waals surface area contributed by atoms with E-state index < -0.39 is 6.03 Å². The largest absolute Gasteiger partial charge is 0.394 e. The van der Waals surface area contributed by atoms with Crippen LogP contribution in [0, 0.1) is 0 Å². The molecule has 2 N–H and O–H groups in total. The van der Waals surface area contributed by atoms with Crippen LogP contribution in [0.15, 0.2) is 24.3 Å². The number of anilines is 1. The fourth-order valence-electron chi connectivity index (χ4n) is 3.13. The summed E-state index contributed by atoms with van der Waals surface area (Å²) in [5.41, 5.74) is 0.906. The van der Waals surface area contributed by atoms with E-state index in [-0.39, 0.29) is 37.4 Å². The van der Waals surface area contributed by atoms with Gasteiger partial charge in [-0.3, -0.25) is 19.8 Å². The van der Waals surface area contributed by atoms with Crippen molar-refractivity contribution in [2.24, 2.45) is 0 Å². The highest BCUT2D eigenvalue weighted by molar-refractivity contribution is 6.09. The topological polar surface area (TPSA) is 90.0 Å². The van der Waals surface area contributed by atoms with E-state index in [9.17, 15) is 19.5 Å². The average Bonchev–Trinajstić information content (AvgIpc) is 3.03. The standard InChI is InChI=1S/C16H19N3O4/c20-10-11-4-3-8-18(11)15(22)12-5-1-2-6-13(12)19-9-7-14(21)17-16(19)23/h1-2,5-6,11,20H,3-4,7-10H2,(H,17,21,23). The molecule has 122 valence electrons. The van der Waals surface area contributed by atoms with Crippen LogP contribution in [-0.2, 0) is 4.79 Å². The first-order chi connectivity index (χ1) is 11.1. The van der Waals surface area contributed by atoms with Gasteiger partial charge in [-0.25, -0.2) is 4.79 Å². The lowest BCUT2D eigenvalue weighted by Gasteiger charge is -2.30. The summed E-state index contributed by atoms with van der Waals surface area (Å²) >= 11 is 0. The minimum atomic E-state index is -0.512. The molecule has 2 heterocycles. The van der Waals surface area contributed by atoms with Gasteiger partial charge in [0.2, 0.25) is 5.91 Å². The number of para-hydroxylation sites is 1. The molecule has 3 rings (SSSR count). The minimum absolute atomic E-state index is 0.0629. The van der Waals surface area contributed by atoms with Gasteiger partial charge in [0.15, 0.2) is 0 Å². The molecule has 0 bridgehead atoms. The van der Waals surface area contributed by atoms with E-state index in [1.807, 2.05) is 0 Å². The van der Waals surface area contributed by atoms with Crippen LogP contribution >= 0.6 is 0 Å². The fourth-order valence-corrected chi connectivity index (χ4v) is 3.13. The van der Waals surface area contributed by atoms with Crippen molar-refractivity contribution in [1.82, 2.24) is 10.2 Å². The van der Waals surface area contributed by atoms with Gasteiger partial charge in [-0.1, -0.05) is 12.1 Å². The van der Waals surface area contributed by atoms with Crippen molar-refractivity contribution < 1.29 is 19.5 Å². The monoisotopic (exact) mass is 317 g/mol. The predicted molar refractivity (Wildman–Crippen MR) is 83.1 cm³/mol. The molecule has 23 heavy (non-hydrogen) atoms. The third kappa shape index (κ3) is 2.92. The molecule has 1 unspecified atom stereocenters. The van der Waals surface area contributed by atoms with Gasteiger partial charge in [0.1, 0.15) is 0 Å². The highest BCUT2D eigenvalue weighted by Gasteiger charge is 2.32. The molecule has 0 aromatic heterocycles. The normalized spacial score (nSPS) is 21.5. The lowest BCUT2D eigenvalue weighted by molar-refractivity contribution is -0.120. The van der Waals surface area contributed by atoms with Crippen LogP contribution in [0.3, 0.4) is 0 Å². The predicted octanol–water partition coefficient (Wildman–Crippen LogP) is 0.730. The molecule has 0 saturated carbocycles. The molecule has 0 aliphatic carbocycles. The second-order valence-electron chi connectivity index (χ2n) is 5.75. The summed E-state index contributed by atoms with van der Waals surface area (Å²) in [4.78, 5) is 39.3. The van der Waals surface area contributed by atoms with Crippen LogP contribution < -0.4 is 10.2 Å². The van der Waals surface area contributed by atoms with Crippen molar-refractivity contribution in [1.29, 1.82) is 0 Å². The summed E-state index contributed by atoms with van der Waals surface area (Å²) in [6, 6.07) is 6.19. The number of hydrogen-bond donors (Lipinski definition) is 2. The number of benzene rings is 1. The van der Waals surface area contributed by atoms with E-state index in [0.717, 1.165) is 12.8 Å². The lowest BCUT2D eigenvalue weighted by Crippen LogP contribution is -2.50. The first-order valence-corrected chi connectivity index (χ1v) is 7.74. The molecule has 0 spiro atoms. The highest BCUT2D eigenvalue weighted by Crippen LogP contribution is 2.27. The van der Waals surface area contributed by atoms with Crippen LogP contribution in [0.2, 0.25) is 0 Å². The average molecular weight is 317 g/mol. The Kier molecular flexibility index (Phi) is 4.29. The van der Waals surface area contributed by atoms with Gasteiger partial charge in [0, 0.05) is 19.5 Å². The molecular formula is C16H19N3O4. The Hall–Kier alpha value is -2.41. The summed E-state index contributed by atoms with van der Waals surface area (Å²) in [5.74, 6) is -0.503. The number of carbonyl (C=O) groups excluding carboxylic acids is 3. The first-order valence-electron chi connectivity index (χ1n) is 7.74. The van der Waals surface area contributed by atoms with E-state index >= 15 is 0 Å². The second-order valence-corrected chi connectivity index (χ2v) is 5.75. The van der Waals surface area contributed by atoms with Crippen LogP contribution in [0.4, 0.5) is 10.5 Å². The van der Waals surface area contributed by atoms with E-state index in [1.54, 1.807) is 29.2 Å². The van der Waals surface area contributed by atoms with E-state index in [4.69, 9.17) is 0 Å². The van der Waals surface area contributed by atoms with Gasteiger partial charge in [-0.15, -0.1) is 0 Å². The van der Waals surface area contributed by atoms with E-state index in [0.29, 0.717) is 17.8 Å². The molecule has 1 aromatic rings. The molecule has 1 aromatic carbocycles. The number of nitrogens with one attached hydrogen (secondary N) is 1. The van der Waals surface area contributed by atoms with Crippen molar-refractivity contribution in [3.05, 3.63) is 29.8 Å². The maximum Gasteiger partial charge on any atom is 0.328 e. The molecule has 2 aliphatic heterocycles. The number of carbonyl (C=O) groups is 3. The maximum absolute atomic E-state index is 12.8. The molecule has 0 radical (unpaired) electrons. The number of imide groups is 1. The van der Waals surface area contributed by atoms with Crippen LogP contribution in [0.5, 0.6) is 0 Å². The molecule has 7 nitrogen and oxygen atoms in total. The SMILES string of the molecule is O=C1CCN(c2ccccc2C(=O)N2CCCC2CO)C(=O)N1. The molecule has 2 aliphatic rings. The molecule has 2 saturated heterocycles. The smallest absolute Gasteiger partial charge is 0.328 e. The van der Waals surface area contributed by atoms with Crippen LogP contribution in [0.25, 0.3) is 0 Å². The summed E-state index contributed by atoms with van der Waals surface area (Å²) < 4.78 is 0. The Bertz CT molecular complexity index is 646. The quantitative estimate of drug-likeness (QED) is 0.860. The third-order valence-corrected chi connectivity index (χ3v) is 4.33. The molecular weight excluding hydrogens is 298 g/mol. The molecule has 2 fully saturated rings. The second kappa shape index (κ2) is 6.37. The Morgan fingerprint density at radius 1 is 1.26 bits per heavy atom. The highest BCUT2D eigenvalue weighted by atomic mass is 16.3. The van der Waals surface area contributed by atoms with Gasteiger partial charge in [0.25, 0.3) is 5.91 Å². The summed E-state index contributed by atoms with van der Waals surface area (Å²) in [6.45, 7) is 0.786.